The first kappa shape index (κ1) is 24.8. The lowest BCUT2D eigenvalue weighted by Crippen LogP contribution is -2.61. The van der Waals surface area contributed by atoms with Gasteiger partial charge in [0.05, 0.1) is 0 Å². The fourth-order valence-corrected chi connectivity index (χ4v) is 5.29. The van der Waals surface area contributed by atoms with Gasteiger partial charge in [0.1, 0.15) is 11.6 Å². The molecule has 0 saturated carbocycles. The highest BCUT2D eigenvalue weighted by Crippen LogP contribution is 2.43. The monoisotopic (exact) mass is 486 g/mol. The molecule has 3 aliphatic rings. The van der Waals surface area contributed by atoms with Crippen LogP contribution in [0.5, 0.6) is 0 Å². The zero-order valence-corrected chi connectivity index (χ0v) is 20.6. The van der Waals surface area contributed by atoms with Crippen LogP contribution in [0.25, 0.3) is 0 Å². The molecule has 3 N–H and O–H groups in total. The van der Waals surface area contributed by atoms with Crippen molar-refractivity contribution in [2.45, 2.75) is 64.6 Å². The summed E-state index contributed by atoms with van der Waals surface area (Å²) in [6.45, 7) is 8.35. The first-order valence-corrected chi connectivity index (χ1v) is 12.1. The summed E-state index contributed by atoms with van der Waals surface area (Å²) < 4.78 is 5.31. The Bertz CT molecular complexity index is 1030. The Morgan fingerprint density at radius 1 is 1.17 bits per heavy atom. The van der Waals surface area contributed by atoms with Gasteiger partial charge in [0, 0.05) is 55.8 Å². The molecule has 3 aliphatic heterocycles. The van der Waals surface area contributed by atoms with Crippen molar-refractivity contribution in [1.82, 2.24) is 9.80 Å². The standard InChI is InChI=1S/C25H34N4O6/c1-24(2,3)35-20(30)7-6-19(21(26)31)29-13-16-4-5-17(12-18(16)22(29)32)28-14-25(15-28)8-10-27(11-9-25)23(33)34/h4-5,12,19H,6-11,13-15H2,1-3H3,(H2,26,31)(H,33,34)/t19-/m0/s1. The van der Waals surface area contributed by atoms with Gasteiger partial charge in [0.2, 0.25) is 5.91 Å². The van der Waals surface area contributed by atoms with Gasteiger partial charge in [0.25, 0.3) is 5.91 Å². The normalized spacial score (nSPS) is 19.9. The summed E-state index contributed by atoms with van der Waals surface area (Å²) in [5, 5.41) is 9.17. The third-order valence-corrected chi connectivity index (χ3v) is 7.18. The van der Waals surface area contributed by atoms with Crippen LogP contribution < -0.4 is 10.6 Å². The van der Waals surface area contributed by atoms with Gasteiger partial charge in [-0.25, -0.2) is 4.79 Å². The molecule has 1 spiro atoms. The van der Waals surface area contributed by atoms with Crippen LogP contribution in [0, 0.1) is 5.41 Å². The third-order valence-electron chi connectivity index (χ3n) is 7.18. The zero-order chi connectivity index (χ0) is 25.5. The van der Waals surface area contributed by atoms with Gasteiger partial charge in [-0.05, 0) is 57.7 Å². The number of likely N-dealkylation sites (tertiary alicyclic amines) is 1. The number of nitrogens with zero attached hydrogens (tertiary/aromatic N) is 3. The maximum Gasteiger partial charge on any atom is 0.407 e. The number of nitrogens with two attached hydrogens (primary N) is 1. The van der Waals surface area contributed by atoms with Gasteiger partial charge in [0.15, 0.2) is 0 Å². The highest BCUT2D eigenvalue weighted by atomic mass is 16.6. The smallest absolute Gasteiger partial charge is 0.407 e. The first-order chi connectivity index (χ1) is 16.4. The largest absolute Gasteiger partial charge is 0.465 e. The van der Waals surface area contributed by atoms with Crippen molar-refractivity contribution in [2.75, 3.05) is 31.1 Å². The van der Waals surface area contributed by atoms with Crippen LogP contribution in [-0.4, -0.2) is 76.6 Å². The van der Waals surface area contributed by atoms with Gasteiger partial charge in [-0.15, -0.1) is 0 Å². The van der Waals surface area contributed by atoms with Crippen LogP contribution >= 0.6 is 0 Å². The van der Waals surface area contributed by atoms with Crippen molar-refractivity contribution >= 4 is 29.6 Å². The molecule has 0 radical (unpaired) electrons. The molecule has 2 fully saturated rings. The van der Waals surface area contributed by atoms with Gasteiger partial charge in [-0.2, -0.15) is 0 Å². The number of benzene rings is 1. The predicted molar refractivity (Wildman–Crippen MR) is 128 cm³/mol. The fourth-order valence-electron chi connectivity index (χ4n) is 5.29. The van der Waals surface area contributed by atoms with Crippen LogP contribution in [0.1, 0.15) is 62.4 Å². The molecule has 1 aromatic carbocycles. The van der Waals surface area contributed by atoms with Crippen molar-refractivity contribution in [2.24, 2.45) is 11.1 Å². The molecule has 0 aromatic heterocycles. The van der Waals surface area contributed by atoms with E-state index < -0.39 is 29.6 Å². The molecule has 4 rings (SSSR count). The second-order valence-corrected chi connectivity index (χ2v) is 10.9. The van der Waals surface area contributed by atoms with E-state index in [1.165, 1.54) is 9.80 Å². The summed E-state index contributed by atoms with van der Waals surface area (Å²) in [5.74, 6) is -1.34. The number of carbonyl (C=O) groups excluding carboxylic acids is 3. The minimum absolute atomic E-state index is 0.00851. The van der Waals surface area contributed by atoms with E-state index in [0.29, 0.717) is 18.7 Å². The molecule has 10 heteroatoms. The van der Waals surface area contributed by atoms with Crippen LogP contribution in [0.4, 0.5) is 10.5 Å². The van der Waals surface area contributed by atoms with Gasteiger partial charge < -0.3 is 30.3 Å². The molecule has 10 nitrogen and oxygen atoms in total. The van der Waals surface area contributed by atoms with E-state index in [1.807, 2.05) is 18.2 Å². The van der Waals surface area contributed by atoms with Crippen molar-refractivity contribution in [3.63, 3.8) is 0 Å². The van der Waals surface area contributed by atoms with Crippen molar-refractivity contribution in [3.05, 3.63) is 29.3 Å². The average molecular weight is 487 g/mol. The molecule has 0 unspecified atom stereocenters. The first-order valence-electron chi connectivity index (χ1n) is 12.1. The highest BCUT2D eigenvalue weighted by molar-refractivity contribution is 6.01. The Labute approximate surface area is 205 Å². The number of primary amides is 1. The number of ether oxygens (including phenoxy) is 1. The van der Waals surface area contributed by atoms with E-state index in [-0.39, 0.29) is 30.7 Å². The molecular formula is C25H34N4O6. The second-order valence-electron chi connectivity index (χ2n) is 10.9. The summed E-state index contributed by atoms with van der Waals surface area (Å²) in [4.78, 5) is 53.8. The Morgan fingerprint density at radius 3 is 2.40 bits per heavy atom. The molecule has 3 amide bonds. The molecule has 2 saturated heterocycles. The number of hydrogen-bond acceptors (Lipinski definition) is 6. The number of fused-ring (bicyclic) bond motifs is 1. The van der Waals surface area contributed by atoms with Crippen LogP contribution in [0.3, 0.4) is 0 Å². The maximum absolute atomic E-state index is 13.2. The Hall–Kier alpha value is -3.30. The lowest BCUT2D eigenvalue weighted by molar-refractivity contribution is -0.155. The van der Waals surface area contributed by atoms with E-state index >= 15 is 0 Å². The minimum Gasteiger partial charge on any atom is -0.465 e. The third kappa shape index (κ3) is 5.21. The van der Waals surface area contributed by atoms with Crippen molar-refractivity contribution < 1.29 is 29.0 Å². The topological polar surface area (TPSA) is 133 Å². The summed E-state index contributed by atoms with van der Waals surface area (Å²) in [5.41, 5.74) is 7.42. The SMILES string of the molecule is CC(C)(C)OC(=O)CC[C@@H](C(N)=O)N1Cc2ccc(N3CC4(CCN(C(=O)O)CC4)C3)cc2C1=O. The number of amides is 3. The molecule has 1 aromatic rings. The number of rotatable bonds is 6. The lowest BCUT2D eigenvalue weighted by atomic mass is 9.72. The van der Waals surface area contributed by atoms with Crippen LogP contribution in [-0.2, 0) is 20.9 Å². The molecule has 0 aliphatic carbocycles. The summed E-state index contributed by atoms with van der Waals surface area (Å²) in [6.07, 6.45) is 0.916. The quantitative estimate of drug-likeness (QED) is 0.589. The van der Waals surface area contributed by atoms with Crippen molar-refractivity contribution in [3.8, 4) is 0 Å². The van der Waals surface area contributed by atoms with E-state index in [1.54, 1.807) is 20.8 Å². The predicted octanol–water partition coefficient (Wildman–Crippen LogP) is 2.20. The minimum atomic E-state index is -0.891. The molecule has 35 heavy (non-hydrogen) atoms. The Morgan fingerprint density at radius 2 is 1.83 bits per heavy atom. The summed E-state index contributed by atoms with van der Waals surface area (Å²) in [7, 11) is 0. The van der Waals surface area contributed by atoms with E-state index in [2.05, 4.69) is 4.90 Å². The molecular weight excluding hydrogens is 452 g/mol. The summed E-state index contributed by atoms with van der Waals surface area (Å²) >= 11 is 0. The number of esters is 1. The van der Waals surface area contributed by atoms with Crippen molar-refractivity contribution in [1.29, 1.82) is 0 Å². The molecule has 1 atom stereocenters. The van der Waals surface area contributed by atoms with Gasteiger partial charge in [-0.1, -0.05) is 6.07 Å². The number of piperidine rings is 1. The molecule has 190 valence electrons. The Kier molecular flexibility index (Phi) is 6.42. The lowest BCUT2D eigenvalue weighted by Gasteiger charge is -2.54. The van der Waals surface area contributed by atoms with Gasteiger partial charge in [-0.3, -0.25) is 14.4 Å². The number of anilines is 1. The molecule has 3 heterocycles. The zero-order valence-electron chi connectivity index (χ0n) is 20.6. The number of carboxylic acid groups (broad SMARTS) is 1. The van der Waals surface area contributed by atoms with E-state index in [9.17, 15) is 24.3 Å². The number of carbonyl (C=O) groups is 4. The Balaban J connectivity index is 1.38. The molecule has 0 bridgehead atoms. The van der Waals surface area contributed by atoms with Gasteiger partial charge >= 0.3 is 12.1 Å². The highest BCUT2D eigenvalue weighted by Gasteiger charge is 2.46. The summed E-state index contributed by atoms with van der Waals surface area (Å²) in [6, 6.07) is 4.86. The van der Waals surface area contributed by atoms with E-state index in [0.717, 1.165) is 37.2 Å². The fraction of sp³-hybridized carbons (Fsp3) is 0.600. The van der Waals surface area contributed by atoms with E-state index in [4.69, 9.17) is 10.5 Å². The van der Waals surface area contributed by atoms with Crippen LogP contribution in [0.15, 0.2) is 18.2 Å². The van der Waals surface area contributed by atoms with Crippen LogP contribution in [0.2, 0.25) is 0 Å². The average Bonchev–Trinajstić information content (AvgIpc) is 3.06. The number of hydrogen-bond donors (Lipinski definition) is 2. The second kappa shape index (κ2) is 9.05. The maximum atomic E-state index is 13.2.